The van der Waals surface area contributed by atoms with Gasteiger partial charge in [0.15, 0.2) is 0 Å². The van der Waals surface area contributed by atoms with Crippen molar-refractivity contribution in [1.82, 2.24) is 4.98 Å². The van der Waals surface area contributed by atoms with Crippen molar-refractivity contribution in [3.8, 4) is 5.75 Å². The molecule has 0 amide bonds. The predicted molar refractivity (Wildman–Crippen MR) is 88.6 cm³/mol. The summed E-state index contributed by atoms with van der Waals surface area (Å²) in [5, 5.41) is 8.60. The molecule has 128 valence electrons. The Kier molecular flexibility index (Phi) is 5.75. The standard InChI is InChI=1S/C16H18N2O5S/c1-23-14-7-9-15(10-8-14)24(21,22)18-13-6-5-12(17-11-13)3-2-4-16(19)20/h5-11,18H,2-4H2,1H3,(H,19,20). The lowest BCUT2D eigenvalue weighted by atomic mass is 10.2. The summed E-state index contributed by atoms with van der Waals surface area (Å²) in [6.07, 6.45) is 2.50. The number of carboxylic acids is 1. The highest BCUT2D eigenvalue weighted by molar-refractivity contribution is 7.92. The molecule has 8 heteroatoms. The monoisotopic (exact) mass is 350 g/mol. The number of methoxy groups -OCH3 is 1. The first-order chi connectivity index (χ1) is 11.4. The second kappa shape index (κ2) is 7.78. The maximum atomic E-state index is 12.3. The number of aryl methyl sites for hydroxylation is 1. The summed E-state index contributed by atoms with van der Waals surface area (Å²) in [6.45, 7) is 0. The molecule has 0 fully saturated rings. The van der Waals surface area contributed by atoms with Crippen LogP contribution in [0.1, 0.15) is 18.5 Å². The lowest BCUT2D eigenvalue weighted by molar-refractivity contribution is -0.137. The highest BCUT2D eigenvalue weighted by Gasteiger charge is 2.14. The van der Waals surface area contributed by atoms with Crippen LogP contribution in [-0.4, -0.2) is 31.6 Å². The Labute approximate surface area is 140 Å². The highest BCUT2D eigenvalue weighted by atomic mass is 32.2. The minimum absolute atomic E-state index is 0.0769. The fraction of sp³-hybridized carbons (Fsp3) is 0.250. The predicted octanol–water partition coefficient (Wildman–Crippen LogP) is 2.30. The first-order valence-corrected chi connectivity index (χ1v) is 8.72. The molecule has 0 aliphatic carbocycles. The Hall–Kier alpha value is -2.61. The van der Waals surface area contributed by atoms with Crippen molar-refractivity contribution in [1.29, 1.82) is 0 Å². The molecule has 2 N–H and O–H groups in total. The second-order valence-electron chi connectivity index (χ2n) is 5.07. The van der Waals surface area contributed by atoms with E-state index in [-0.39, 0.29) is 11.3 Å². The Bertz CT molecular complexity index is 786. The number of aromatic nitrogens is 1. The molecule has 0 atom stereocenters. The molecule has 0 saturated carbocycles. The normalized spacial score (nSPS) is 11.0. The Morgan fingerprint density at radius 1 is 1.21 bits per heavy atom. The number of aliphatic carboxylic acids is 1. The lowest BCUT2D eigenvalue weighted by Crippen LogP contribution is -2.13. The number of ether oxygens (including phenoxy) is 1. The number of anilines is 1. The van der Waals surface area contributed by atoms with Gasteiger partial charge in [-0.15, -0.1) is 0 Å². The number of hydrogen-bond acceptors (Lipinski definition) is 5. The number of hydrogen-bond donors (Lipinski definition) is 2. The van der Waals surface area contributed by atoms with Crippen molar-refractivity contribution in [2.75, 3.05) is 11.8 Å². The van der Waals surface area contributed by atoms with E-state index in [1.165, 1.54) is 25.4 Å². The van der Waals surface area contributed by atoms with Crippen LogP contribution in [0.15, 0.2) is 47.5 Å². The average molecular weight is 350 g/mol. The third-order valence-corrected chi connectivity index (χ3v) is 4.67. The van der Waals surface area contributed by atoms with Gasteiger partial charge in [-0.2, -0.15) is 0 Å². The van der Waals surface area contributed by atoms with Gasteiger partial charge in [0.25, 0.3) is 10.0 Å². The SMILES string of the molecule is COc1ccc(S(=O)(=O)Nc2ccc(CCCC(=O)O)nc2)cc1. The molecule has 0 spiro atoms. The third kappa shape index (κ3) is 4.95. The first-order valence-electron chi connectivity index (χ1n) is 7.24. The van der Waals surface area contributed by atoms with E-state index in [1.807, 2.05) is 0 Å². The Morgan fingerprint density at radius 2 is 1.92 bits per heavy atom. The van der Waals surface area contributed by atoms with Crippen molar-refractivity contribution in [3.05, 3.63) is 48.3 Å². The van der Waals surface area contributed by atoms with Crippen molar-refractivity contribution in [2.24, 2.45) is 0 Å². The molecule has 7 nitrogen and oxygen atoms in total. The number of nitrogens with one attached hydrogen (secondary N) is 1. The fourth-order valence-corrected chi connectivity index (χ4v) is 3.07. The smallest absolute Gasteiger partial charge is 0.303 e. The van der Waals surface area contributed by atoms with E-state index in [1.54, 1.807) is 24.3 Å². The highest BCUT2D eigenvalue weighted by Crippen LogP contribution is 2.19. The van der Waals surface area contributed by atoms with Gasteiger partial charge in [-0.05, 0) is 49.2 Å². The zero-order valence-electron chi connectivity index (χ0n) is 13.1. The molecule has 0 aliphatic rings. The average Bonchev–Trinajstić information content (AvgIpc) is 2.56. The van der Waals surface area contributed by atoms with Crippen LogP contribution in [0.3, 0.4) is 0 Å². The number of rotatable bonds is 8. The number of benzene rings is 1. The fourth-order valence-electron chi connectivity index (χ4n) is 2.02. The number of carboxylic acid groups (broad SMARTS) is 1. The van der Waals surface area contributed by atoms with Gasteiger partial charge in [-0.3, -0.25) is 14.5 Å². The molecule has 1 aromatic heterocycles. The summed E-state index contributed by atoms with van der Waals surface area (Å²) in [6, 6.07) is 9.32. The zero-order valence-corrected chi connectivity index (χ0v) is 13.9. The molecule has 0 radical (unpaired) electrons. The molecular weight excluding hydrogens is 332 g/mol. The molecular formula is C16H18N2O5S. The van der Waals surface area contributed by atoms with E-state index in [0.717, 1.165) is 0 Å². The van der Waals surface area contributed by atoms with E-state index < -0.39 is 16.0 Å². The summed E-state index contributed by atoms with van der Waals surface area (Å²) in [4.78, 5) is 14.7. The minimum Gasteiger partial charge on any atom is -0.497 e. The largest absolute Gasteiger partial charge is 0.497 e. The maximum Gasteiger partial charge on any atom is 0.303 e. The minimum atomic E-state index is -3.70. The van der Waals surface area contributed by atoms with Crippen LogP contribution in [-0.2, 0) is 21.2 Å². The van der Waals surface area contributed by atoms with Gasteiger partial charge in [-0.25, -0.2) is 8.42 Å². The quantitative estimate of drug-likeness (QED) is 0.757. The molecule has 1 aromatic carbocycles. The first kappa shape index (κ1) is 17.7. The Morgan fingerprint density at radius 3 is 2.46 bits per heavy atom. The number of sulfonamides is 1. The lowest BCUT2D eigenvalue weighted by Gasteiger charge is -2.09. The molecule has 2 aromatic rings. The number of carbonyl (C=O) groups is 1. The van der Waals surface area contributed by atoms with Gasteiger partial charge in [0, 0.05) is 12.1 Å². The van der Waals surface area contributed by atoms with Crippen molar-refractivity contribution in [3.63, 3.8) is 0 Å². The summed E-state index contributed by atoms with van der Waals surface area (Å²) in [5.74, 6) is -0.278. The van der Waals surface area contributed by atoms with E-state index in [9.17, 15) is 13.2 Å². The van der Waals surface area contributed by atoms with Crippen LogP contribution in [0.4, 0.5) is 5.69 Å². The topological polar surface area (TPSA) is 106 Å². The van der Waals surface area contributed by atoms with Crippen LogP contribution in [0.2, 0.25) is 0 Å². The molecule has 0 unspecified atom stereocenters. The van der Waals surface area contributed by atoms with Crippen molar-refractivity contribution >= 4 is 21.7 Å². The van der Waals surface area contributed by atoms with Gasteiger partial charge in [-0.1, -0.05) is 0 Å². The summed E-state index contributed by atoms with van der Waals surface area (Å²) >= 11 is 0. The van der Waals surface area contributed by atoms with Gasteiger partial charge in [0.1, 0.15) is 5.75 Å². The van der Waals surface area contributed by atoms with Crippen LogP contribution in [0, 0.1) is 0 Å². The zero-order chi connectivity index (χ0) is 17.6. The van der Waals surface area contributed by atoms with Crippen LogP contribution in [0.25, 0.3) is 0 Å². The molecule has 0 aliphatic heterocycles. The van der Waals surface area contributed by atoms with Gasteiger partial charge in [0.2, 0.25) is 0 Å². The van der Waals surface area contributed by atoms with Crippen LogP contribution < -0.4 is 9.46 Å². The van der Waals surface area contributed by atoms with Crippen molar-refractivity contribution < 1.29 is 23.1 Å². The number of pyridine rings is 1. The van der Waals surface area contributed by atoms with Crippen LogP contribution in [0.5, 0.6) is 5.75 Å². The third-order valence-electron chi connectivity index (χ3n) is 3.27. The van der Waals surface area contributed by atoms with Crippen LogP contribution >= 0.6 is 0 Å². The summed E-state index contributed by atoms with van der Waals surface area (Å²) < 4.78 is 32.0. The number of nitrogens with zero attached hydrogens (tertiary/aromatic N) is 1. The van der Waals surface area contributed by atoms with Gasteiger partial charge >= 0.3 is 5.97 Å². The van der Waals surface area contributed by atoms with E-state index in [0.29, 0.717) is 30.0 Å². The van der Waals surface area contributed by atoms with Gasteiger partial charge < -0.3 is 9.84 Å². The molecule has 0 saturated heterocycles. The molecule has 0 bridgehead atoms. The van der Waals surface area contributed by atoms with E-state index in [4.69, 9.17) is 9.84 Å². The summed E-state index contributed by atoms with van der Waals surface area (Å²) in [7, 11) is -2.20. The summed E-state index contributed by atoms with van der Waals surface area (Å²) in [5.41, 5.74) is 1.05. The molecule has 24 heavy (non-hydrogen) atoms. The second-order valence-corrected chi connectivity index (χ2v) is 6.75. The molecule has 1 heterocycles. The Balaban J connectivity index is 2.02. The van der Waals surface area contributed by atoms with E-state index in [2.05, 4.69) is 9.71 Å². The van der Waals surface area contributed by atoms with E-state index >= 15 is 0 Å². The van der Waals surface area contributed by atoms with Gasteiger partial charge in [0.05, 0.1) is 23.9 Å². The maximum absolute atomic E-state index is 12.3. The van der Waals surface area contributed by atoms with Crippen molar-refractivity contribution in [2.45, 2.75) is 24.2 Å². The molecule has 2 rings (SSSR count).